The first-order valence-electron chi connectivity index (χ1n) is 9.17. The Morgan fingerprint density at radius 2 is 1.21 bits per heavy atom. The number of fused-ring (bicyclic) bond motifs is 9. The number of benzene rings is 4. The molecule has 4 aromatic rings. The molecule has 0 fully saturated rings. The molecule has 0 saturated carbocycles. The summed E-state index contributed by atoms with van der Waals surface area (Å²) in [6, 6.07) is 30.6. The molecule has 2 aliphatic rings. The minimum absolute atomic E-state index is 0.349. The molecule has 3 heteroatoms. The molecule has 0 nitrogen and oxygen atoms in total. The third-order valence-corrected chi connectivity index (χ3v) is 7.74. The Bertz CT molecular complexity index is 1180. The van der Waals surface area contributed by atoms with E-state index in [-0.39, 0.29) is 5.41 Å². The Hall–Kier alpha value is -2.00. The van der Waals surface area contributed by atoms with Crippen molar-refractivity contribution in [1.29, 1.82) is 0 Å². The molecule has 6 rings (SSSR count). The van der Waals surface area contributed by atoms with Gasteiger partial charge < -0.3 is 0 Å². The van der Waals surface area contributed by atoms with Crippen LogP contribution in [0.2, 0.25) is 5.02 Å². The van der Waals surface area contributed by atoms with Gasteiger partial charge in [0.15, 0.2) is 0 Å². The van der Waals surface area contributed by atoms with E-state index < -0.39 is 0 Å². The Kier molecular flexibility index (Phi) is 3.62. The van der Waals surface area contributed by atoms with Crippen molar-refractivity contribution in [2.45, 2.75) is 15.2 Å². The second-order valence-electron chi connectivity index (χ2n) is 7.22. The summed E-state index contributed by atoms with van der Waals surface area (Å²) in [5.74, 6) is 0. The highest BCUT2D eigenvalue weighted by Gasteiger charge is 2.50. The molecule has 0 N–H and O–H groups in total. The van der Waals surface area contributed by atoms with E-state index in [0.717, 1.165) is 9.50 Å². The van der Waals surface area contributed by atoms with E-state index in [1.54, 1.807) is 0 Å². The molecule has 0 amide bonds. The van der Waals surface area contributed by atoms with Gasteiger partial charge in [-0.25, -0.2) is 0 Å². The second-order valence-corrected chi connectivity index (χ2v) is 9.66. The van der Waals surface area contributed by atoms with Crippen molar-refractivity contribution in [1.82, 2.24) is 0 Å². The predicted molar refractivity (Wildman–Crippen MR) is 121 cm³/mol. The maximum absolute atomic E-state index is 6.53. The summed E-state index contributed by atoms with van der Waals surface area (Å²) < 4.78 is 1.10. The van der Waals surface area contributed by atoms with Gasteiger partial charge in [0.05, 0.1) is 5.41 Å². The van der Waals surface area contributed by atoms with Gasteiger partial charge in [-0.2, -0.15) is 0 Å². The first-order valence-corrected chi connectivity index (χ1v) is 11.2. The fraction of sp³-hybridized carbons (Fsp3) is 0.0400. The van der Waals surface area contributed by atoms with Crippen LogP contribution >= 0.6 is 39.3 Å². The first kappa shape index (κ1) is 16.9. The van der Waals surface area contributed by atoms with Crippen LogP contribution in [0.5, 0.6) is 0 Å². The van der Waals surface area contributed by atoms with Crippen LogP contribution in [0.25, 0.3) is 11.1 Å². The van der Waals surface area contributed by atoms with Gasteiger partial charge >= 0.3 is 0 Å². The molecule has 1 spiro atoms. The molecule has 1 aliphatic heterocycles. The largest absolute Gasteiger partial charge is 0.0894 e. The Labute approximate surface area is 181 Å². The lowest BCUT2D eigenvalue weighted by molar-refractivity contribution is 0.721. The number of hydrogen-bond acceptors (Lipinski definition) is 1. The summed E-state index contributed by atoms with van der Waals surface area (Å²) in [6.07, 6.45) is 0. The van der Waals surface area contributed by atoms with Gasteiger partial charge in [0.25, 0.3) is 0 Å². The summed E-state index contributed by atoms with van der Waals surface area (Å²) in [7, 11) is 0. The Balaban J connectivity index is 1.86. The SMILES string of the molecule is Clc1ccc2c(c1)C1(c3cc(Br)ccc3S2)c2ccccc2-c2ccccc21. The molecule has 0 bridgehead atoms. The highest BCUT2D eigenvalue weighted by Crippen LogP contribution is 2.62. The molecule has 0 saturated heterocycles. The molecular weight excluding hydrogens is 448 g/mol. The molecule has 134 valence electrons. The van der Waals surface area contributed by atoms with Gasteiger partial charge in [-0.05, 0) is 69.8 Å². The summed E-state index contributed by atoms with van der Waals surface area (Å²) in [5.41, 5.74) is 7.52. The van der Waals surface area contributed by atoms with Gasteiger partial charge in [0.1, 0.15) is 0 Å². The average molecular weight is 462 g/mol. The van der Waals surface area contributed by atoms with E-state index in [4.69, 9.17) is 11.6 Å². The Morgan fingerprint density at radius 3 is 1.89 bits per heavy atom. The van der Waals surface area contributed by atoms with Gasteiger partial charge in [-0.3, -0.25) is 0 Å². The third kappa shape index (κ3) is 2.09. The molecule has 1 aliphatic carbocycles. The second kappa shape index (κ2) is 6.00. The van der Waals surface area contributed by atoms with Crippen LogP contribution in [-0.4, -0.2) is 0 Å². The molecular formula is C25H14BrClS. The zero-order valence-electron chi connectivity index (χ0n) is 14.7. The zero-order valence-corrected chi connectivity index (χ0v) is 17.9. The highest BCUT2D eigenvalue weighted by atomic mass is 79.9. The van der Waals surface area contributed by atoms with Crippen LogP contribution < -0.4 is 0 Å². The first-order chi connectivity index (χ1) is 13.7. The number of rotatable bonds is 0. The van der Waals surface area contributed by atoms with Crippen molar-refractivity contribution >= 4 is 39.3 Å². The smallest absolute Gasteiger partial charge is 0.0736 e. The fourth-order valence-corrected chi connectivity index (χ4v) is 6.53. The van der Waals surface area contributed by atoms with E-state index in [2.05, 4.69) is 94.8 Å². The van der Waals surface area contributed by atoms with E-state index in [1.165, 1.54) is 43.2 Å². The summed E-state index contributed by atoms with van der Waals surface area (Å²) in [5, 5.41) is 0.777. The minimum atomic E-state index is -0.349. The van der Waals surface area contributed by atoms with Gasteiger partial charge in [0.2, 0.25) is 0 Å². The quantitative estimate of drug-likeness (QED) is 0.221. The summed E-state index contributed by atoms with van der Waals surface area (Å²) >= 11 is 12.1. The summed E-state index contributed by atoms with van der Waals surface area (Å²) in [6.45, 7) is 0. The molecule has 28 heavy (non-hydrogen) atoms. The molecule has 0 atom stereocenters. The van der Waals surface area contributed by atoms with Gasteiger partial charge in [-0.1, -0.05) is 87.8 Å². The van der Waals surface area contributed by atoms with Crippen molar-refractivity contribution in [3.63, 3.8) is 0 Å². The highest BCUT2D eigenvalue weighted by molar-refractivity contribution is 9.10. The lowest BCUT2D eigenvalue weighted by Crippen LogP contribution is -2.32. The third-order valence-electron chi connectivity index (χ3n) is 5.86. The average Bonchev–Trinajstić information content (AvgIpc) is 3.01. The van der Waals surface area contributed by atoms with Gasteiger partial charge in [-0.15, -0.1) is 0 Å². The van der Waals surface area contributed by atoms with Crippen molar-refractivity contribution in [2.24, 2.45) is 0 Å². The maximum Gasteiger partial charge on any atom is 0.0736 e. The zero-order chi connectivity index (χ0) is 18.9. The van der Waals surface area contributed by atoms with Crippen molar-refractivity contribution in [3.05, 3.63) is 117 Å². The van der Waals surface area contributed by atoms with Crippen LogP contribution in [0.4, 0.5) is 0 Å². The standard InChI is InChI=1S/C25H14BrClS/c26-15-9-11-23-21(13-15)25(22-14-16(27)10-12-24(22)28-23)19-7-3-1-5-17(19)18-6-2-4-8-20(18)25/h1-14H. The maximum atomic E-state index is 6.53. The minimum Gasteiger partial charge on any atom is -0.0894 e. The summed E-state index contributed by atoms with van der Waals surface area (Å²) in [4.78, 5) is 2.57. The number of halogens is 2. The van der Waals surface area contributed by atoms with Crippen LogP contribution in [0, 0.1) is 0 Å². The van der Waals surface area contributed by atoms with E-state index >= 15 is 0 Å². The topological polar surface area (TPSA) is 0 Å². The lowest BCUT2D eigenvalue weighted by atomic mass is 9.67. The van der Waals surface area contributed by atoms with Crippen LogP contribution in [-0.2, 0) is 5.41 Å². The normalized spacial score (nSPS) is 14.9. The van der Waals surface area contributed by atoms with Crippen LogP contribution in [0.3, 0.4) is 0 Å². The van der Waals surface area contributed by atoms with Crippen molar-refractivity contribution in [3.8, 4) is 11.1 Å². The van der Waals surface area contributed by atoms with E-state index in [9.17, 15) is 0 Å². The monoisotopic (exact) mass is 460 g/mol. The van der Waals surface area contributed by atoms with Gasteiger partial charge in [0, 0.05) is 19.3 Å². The van der Waals surface area contributed by atoms with Crippen LogP contribution in [0.1, 0.15) is 22.3 Å². The number of hydrogen-bond donors (Lipinski definition) is 0. The molecule has 0 unspecified atom stereocenters. The van der Waals surface area contributed by atoms with E-state index in [0.29, 0.717) is 0 Å². The molecule has 1 heterocycles. The fourth-order valence-electron chi connectivity index (χ4n) is 4.85. The predicted octanol–water partition coefficient (Wildman–Crippen LogP) is 7.93. The molecule has 0 aromatic heterocycles. The van der Waals surface area contributed by atoms with E-state index in [1.807, 2.05) is 17.8 Å². The van der Waals surface area contributed by atoms with Crippen LogP contribution in [0.15, 0.2) is 99.2 Å². The van der Waals surface area contributed by atoms with Crippen molar-refractivity contribution in [2.75, 3.05) is 0 Å². The van der Waals surface area contributed by atoms with Crippen molar-refractivity contribution < 1.29 is 0 Å². The Morgan fingerprint density at radius 1 is 0.643 bits per heavy atom. The molecule has 4 aromatic carbocycles. The molecule has 0 radical (unpaired) electrons. The lowest BCUT2D eigenvalue weighted by Gasteiger charge is -2.39.